The summed E-state index contributed by atoms with van der Waals surface area (Å²) in [5.74, 6) is 0. The van der Waals surface area contributed by atoms with Crippen LogP contribution in [0, 0.1) is 4.77 Å². The third-order valence-electron chi connectivity index (χ3n) is 2.79. The highest BCUT2D eigenvalue weighted by Gasteiger charge is 2.10. The van der Waals surface area contributed by atoms with Crippen LogP contribution in [0.3, 0.4) is 0 Å². The molecule has 6 heteroatoms. The molecule has 19 heavy (non-hydrogen) atoms. The lowest BCUT2D eigenvalue weighted by Gasteiger charge is -2.08. The van der Waals surface area contributed by atoms with Crippen molar-refractivity contribution in [3.05, 3.63) is 55.1 Å². The Hall–Kier alpha value is -0.620. The topological polar surface area (TPSA) is 20.7 Å². The zero-order valence-electron chi connectivity index (χ0n) is 9.45. The molecular formula is C13H7Br2ClN2S. The van der Waals surface area contributed by atoms with Gasteiger partial charge in [-0.1, -0.05) is 27.5 Å². The molecule has 1 aromatic heterocycles. The second kappa shape index (κ2) is 5.05. The van der Waals surface area contributed by atoms with Gasteiger partial charge in [0.15, 0.2) is 4.77 Å². The van der Waals surface area contributed by atoms with E-state index < -0.39 is 0 Å². The molecule has 0 saturated heterocycles. The van der Waals surface area contributed by atoms with E-state index in [2.05, 4.69) is 36.8 Å². The Balaban J connectivity index is 2.42. The zero-order valence-corrected chi connectivity index (χ0v) is 14.2. The highest BCUT2D eigenvalue weighted by molar-refractivity contribution is 9.11. The highest BCUT2D eigenvalue weighted by atomic mass is 79.9. The summed E-state index contributed by atoms with van der Waals surface area (Å²) in [6, 6.07) is 11.6. The van der Waals surface area contributed by atoms with Gasteiger partial charge in [0.05, 0.1) is 16.7 Å². The van der Waals surface area contributed by atoms with Crippen molar-refractivity contribution in [2.75, 3.05) is 0 Å². The van der Waals surface area contributed by atoms with E-state index in [9.17, 15) is 0 Å². The molecule has 1 N–H and O–H groups in total. The fourth-order valence-electron chi connectivity index (χ4n) is 1.97. The van der Waals surface area contributed by atoms with Gasteiger partial charge >= 0.3 is 0 Å². The first-order chi connectivity index (χ1) is 9.06. The number of aromatic nitrogens is 2. The monoisotopic (exact) mass is 416 g/mol. The van der Waals surface area contributed by atoms with E-state index in [0.29, 0.717) is 9.79 Å². The molecule has 2 aromatic carbocycles. The number of fused-ring (bicyclic) bond motifs is 1. The van der Waals surface area contributed by atoms with Crippen LogP contribution in [0.2, 0.25) is 5.02 Å². The number of rotatable bonds is 1. The minimum absolute atomic E-state index is 0.635. The number of imidazole rings is 1. The van der Waals surface area contributed by atoms with Gasteiger partial charge in [0.25, 0.3) is 0 Å². The molecule has 0 unspecified atom stereocenters. The Morgan fingerprint density at radius 1 is 1.11 bits per heavy atom. The van der Waals surface area contributed by atoms with Crippen LogP contribution in [0.25, 0.3) is 16.7 Å². The summed E-state index contributed by atoms with van der Waals surface area (Å²) in [6.45, 7) is 0. The van der Waals surface area contributed by atoms with E-state index in [1.807, 2.05) is 41.0 Å². The van der Waals surface area contributed by atoms with E-state index >= 15 is 0 Å². The van der Waals surface area contributed by atoms with Gasteiger partial charge in [-0.15, -0.1) is 0 Å². The van der Waals surface area contributed by atoms with Crippen LogP contribution in [0.4, 0.5) is 0 Å². The third-order valence-corrected chi connectivity index (χ3v) is 4.48. The number of halogens is 3. The Bertz CT molecular complexity index is 838. The molecule has 0 radical (unpaired) electrons. The first-order valence-corrected chi connectivity index (χ1v) is 7.79. The summed E-state index contributed by atoms with van der Waals surface area (Å²) in [7, 11) is 0. The van der Waals surface area contributed by atoms with Crippen molar-refractivity contribution in [3.8, 4) is 5.69 Å². The van der Waals surface area contributed by atoms with Crippen LogP contribution >= 0.6 is 55.7 Å². The van der Waals surface area contributed by atoms with Gasteiger partial charge < -0.3 is 4.98 Å². The smallest absolute Gasteiger partial charge is 0.182 e. The van der Waals surface area contributed by atoms with Gasteiger partial charge in [-0.3, -0.25) is 4.57 Å². The van der Waals surface area contributed by atoms with Crippen molar-refractivity contribution in [1.29, 1.82) is 0 Å². The molecule has 0 bridgehead atoms. The van der Waals surface area contributed by atoms with E-state index in [1.54, 1.807) is 0 Å². The second-order valence-corrected chi connectivity index (χ2v) is 6.62. The van der Waals surface area contributed by atoms with Crippen LogP contribution in [-0.4, -0.2) is 9.55 Å². The summed E-state index contributed by atoms with van der Waals surface area (Å²) in [4.78, 5) is 3.18. The van der Waals surface area contributed by atoms with E-state index in [-0.39, 0.29) is 0 Å². The average Bonchev–Trinajstić information content (AvgIpc) is 2.68. The number of hydrogen-bond acceptors (Lipinski definition) is 1. The number of nitrogens with one attached hydrogen (secondary N) is 1. The number of aromatic amines is 1. The van der Waals surface area contributed by atoms with Crippen LogP contribution < -0.4 is 0 Å². The predicted molar refractivity (Wildman–Crippen MR) is 88.9 cm³/mol. The lowest BCUT2D eigenvalue weighted by Crippen LogP contribution is -1.95. The van der Waals surface area contributed by atoms with Crippen LogP contribution in [0.15, 0.2) is 45.3 Å². The van der Waals surface area contributed by atoms with Gasteiger partial charge in [0.1, 0.15) is 0 Å². The molecule has 0 saturated carbocycles. The predicted octanol–water partition coefficient (Wildman–Crippen LogP) is 5.87. The molecule has 0 amide bonds. The van der Waals surface area contributed by atoms with Crippen LogP contribution in [0.5, 0.6) is 0 Å². The van der Waals surface area contributed by atoms with E-state index in [4.69, 9.17) is 23.8 Å². The molecule has 0 aliphatic heterocycles. The summed E-state index contributed by atoms with van der Waals surface area (Å²) in [6.07, 6.45) is 0. The maximum atomic E-state index is 6.08. The second-order valence-electron chi connectivity index (χ2n) is 4.02. The standard InChI is InChI=1S/C13H7Br2ClN2S/c14-7-1-3-9(15)11(5-7)18-12-6-8(16)2-4-10(12)17-13(18)19/h1-6H,(H,17,19). The lowest BCUT2D eigenvalue weighted by atomic mass is 10.3. The van der Waals surface area contributed by atoms with Gasteiger partial charge in [-0.05, 0) is 64.5 Å². The maximum Gasteiger partial charge on any atom is 0.182 e. The number of hydrogen-bond donors (Lipinski definition) is 1. The van der Waals surface area contributed by atoms with Crippen molar-refractivity contribution in [2.45, 2.75) is 0 Å². The molecule has 3 aromatic rings. The SMILES string of the molecule is S=c1[nH]c2ccc(Cl)cc2n1-c1cc(Br)ccc1Br. The summed E-state index contributed by atoms with van der Waals surface area (Å²) >= 11 is 18.5. The Morgan fingerprint density at radius 2 is 1.89 bits per heavy atom. The van der Waals surface area contributed by atoms with Crippen molar-refractivity contribution < 1.29 is 0 Å². The number of nitrogens with zero attached hydrogens (tertiary/aromatic N) is 1. The molecule has 0 aliphatic rings. The first kappa shape index (κ1) is 13.4. The van der Waals surface area contributed by atoms with Crippen molar-refractivity contribution in [2.24, 2.45) is 0 Å². The Kier molecular flexibility index (Phi) is 3.55. The zero-order chi connectivity index (χ0) is 13.6. The fourth-order valence-corrected chi connectivity index (χ4v) is 3.22. The summed E-state index contributed by atoms with van der Waals surface area (Å²) < 4.78 is 4.55. The number of H-pyrrole nitrogens is 1. The quantitative estimate of drug-likeness (QED) is 0.491. The largest absolute Gasteiger partial charge is 0.330 e. The van der Waals surface area contributed by atoms with Gasteiger partial charge in [0.2, 0.25) is 0 Å². The van der Waals surface area contributed by atoms with Gasteiger partial charge in [0, 0.05) is 14.0 Å². The summed E-state index contributed by atoms with van der Waals surface area (Å²) in [5.41, 5.74) is 2.88. The molecule has 0 aliphatic carbocycles. The molecule has 0 atom stereocenters. The molecule has 0 fully saturated rings. The summed E-state index contributed by atoms with van der Waals surface area (Å²) in [5, 5.41) is 0.682. The molecule has 96 valence electrons. The molecule has 2 nitrogen and oxygen atoms in total. The lowest BCUT2D eigenvalue weighted by molar-refractivity contribution is 1.06. The number of benzene rings is 2. The Labute approximate surface area is 136 Å². The highest BCUT2D eigenvalue weighted by Crippen LogP contribution is 2.29. The third kappa shape index (κ3) is 2.40. The van der Waals surface area contributed by atoms with Crippen LogP contribution in [0.1, 0.15) is 0 Å². The van der Waals surface area contributed by atoms with Gasteiger partial charge in [-0.25, -0.2) is 0 Å². The van der Waals surface area contributed by atoms with Gasteiger partial charge in [-0.2, -0.15) is 0 Å². The molecule has 1 heterocycles. The average molecular weight is 419 g/mol. The maximum absolute atomic E-state index is 6.08. The fraction of sp³-hybridized carbons (Fsp3) is 0. The minimum Gasteiger partial charge on any atom is -0.330 e. The van der Waals surface area contributed by atoms with Crippen molar-refractivity contribution in [1.82, 2.24) is 9.55 Å². The molecular weight excluding hydrogens is 411 g/mol. The minimum atomic E-state index is 0.635. The van der Waals surface area contributed by atoms with Crippen molar-refractivity contribution >= 4 is 66.7 Å². The van der Waals surface area contributed by atoms with E-state index in [0.717, 1.165) is 25.7 Å². The Morgan fingerprint density at radius 3 is 2.68 bits per heavy atom. The molecule has 0 spiro atoms. The van der Waals surface area contributed by atoms with E-state index in [1.165, 1.54) is 0 Å². The van der Waals surface area contributed by atoms with Crippen molar-refractivity contribution in [3.63, 3.8) is 0 Å². The molecule has 3 rings (SSSR count). The first-order valence-electron chi connectivity index (χ1n) is 5.42. The van der Waals surface area contributed by atoms with Crippen LogP contribution in [-0.2, 0) is 0 Å². The normalized spacial score (nSPS) is 11.1.